The topological polar surface area (TPSA) is 58.2 Å². The van der Waals surface area contributed by atoms with Crippen molar-refractivity contribution in [3.8, 4) is 0 Å². The standard InChI is InChI=1S/C25H26N2O2/c1-18-13-15-21(16-14-18)19(2)26-25(29)23(17-20-9-5-3-6-10-20)27-24(28)22-11-7-4-8-12-22/h3-16,19,23H,17H2,1-2H3,(H,26,29)(H,27,28)/t19-,23-/m0/s1. The molecule has 0 saturated heterocycles. The van der Waals surface area contributed by atoms with Crippen LogP contribution >= 0.6 is 0 Å². The minimum absolute atomic E-state index is 0.157. The van der Waals surface area contributed by atoms with Gasteiger partial charge in [0.25, 0.3) is 5.91 Å². The van der Waals surface area contributed by atoms with E-state index in [1.165, 1.54) is 5.56 Å². The molecule has 0 aliphatic carbocycles. The van der Waals surface area contributed by atoms with Crippen molar-refractivity contribution in [2.75, 3.05) is 0 Å². The lowest BCUT2D eigenvalue weighted by atomic mass is 10.0. The van der Waals surface area contributed by atoms with Crippen molar-refractivity contribution in [2.24, 2.45) is 0 Å². The summed E-state index contributed by atoms with van der Waals surface area (Å²) in [4.78, 5) is 25.7. The van der Waals surface area contributed by atoms with E-state index < -0.39 is 6.04 Å². The van der Waals surface area contributed by atoms with Crippen molar-refractivity contribution in [2.45, 2.75) is 32.4 Å². The first-order valence-electron chi connectivity index (χ1n) is 9.79. The molecule has 0 bridgehead atoms. The van der Waals surface area contributed by atoms with Crippen LogP contribution in [-0.2, 0) is 11.2 Å². The molecule has 2 amide bonds. The number of carbonyl (C=O) groups excluding carboxylic acids is 2. The number of rotatable bonds is 7. The molecule has 0 spiro atoms. The summed E-state index contributed by atoms with van der Waals surface area (Å²) in [6.07, 6.45) is 0.422. The van der Waals surface area contributed by atoms with E-state index in [-0.39, 0.29) is 17.9 Å². The lowest BCUT2D eigenvalue weighted by molar-refractivity contribution is -0.123. The molecule has 2 atom stereocenters. The van der Waals surface area contributed by atoms with Gasteiger partial charge in [0.15, 0.2) is 0 Å². The second-order valence-electron chi connectivity index (χ2n) is 7.22. The predicted octanol–water partition coefficient (Wildman–Crippen LogP) is 4.21. The molecular formula is C25H26N2O2. The van der Waals surface area contributed by atoms with E-state index in [4.69, 9.17) is 0 Å². The van der Waals surface area contributed by atoms with Gasteiger partial charge in [-0.3, -0.25) is 9.59 Å². The van der Waals surface area contributed by atoms with Crippen LogP contribution in [-0.4, -0.2) is 17.9 Å². The van der Waals surface area contributed by atoms with Crippen LogP contribution in [0.4, 0.5) is 0 Å². The zero-order chi connectivity index (χ0) is 20.6. The van der Waals surface area contributed by atoms with Crippen molar-refractivity contribution in [3.05, 3.63) is 107 Å². The lowest BCUT2D eigenvalue weighted by Crippen LogP contribution is -2.48. The highest BCUT2D eigenvalue weighted by atomic mass is 16.2. The molecule has 3 aromatic carbocycles. The van der Waals surface area contributed by atoms with Gasteiger partial charge in [-0.2, -0.15) is 0 Å². The van der Waals surface area contributed by atoms with Gasteiger partial charge < -0.3 is 10.6 Å². The molecule has 4 heteroatoms. The molecule has 3 rings (SSSR count). The zero-order valence-corrected chi connectivity index (χ0v) is 16.8. The Bertz CT molecular complexity index is 938. The Morgan fingerprint density at radius 1 is 0.793 bits per heavy atom. The maximum Gasteiger partial charge on any atom is 0.251 e. The van der Waals surface area contributed by atoms with E-state index in [9.17, 15) is 9.59 Å². The number of hydrogen-bond acceptors (Lipinski definition) is 2. The molecule has 0 aliphatic heterocycles. The highest BCUT2D eigenvalue weighted by Gasteiger charge is 2.23. The van der Waals surface area contributed by atoms with Gasteiger partial charge in [0.2, 0.25) is 5.91 Å². The maximum absolute atomic E-state index is 13.0. The fraction of sp³-hybridized carbons (Fsp3) is 0.200. The Balaban J connectivity index is 1.75. The number of hydrogen-bond donors (Lipinski definition) is 2. The molecule has 3 aromatic rings. The Kier molecular flexibility index (Phi) is 6.80. The van der Waals surface area contributed by atoms with Crippen molar-refractivity contribution in [1.82, 2.24) is 10.6 Å². The third-order valence-electron chi connectivity index (χ3n) is 4.88. The Morgan fingerprint density at radius 2 is 1.38 bits per heavy atom. The van der Waals surface area contributed by atoms with E-state index in [0.29, 0.717) is 12.0 Å². The molecule has 0 fully saturated rings. The zero-order valence-electron chi connectivity index (χ0n) is 16.8. The van der Waals surface area contributed by atoms with Crippen LogP contribution in [0.25, 0.3) is 0 Å². The molecule has 0 radical (unpaired) electrons. The van der Waals surface area contributed by atoms with Gasteiger partial charge in [-0.05, 0) is 37.1 Å². The largest absolute Gasteiger partial charge is 0.348 e. The van der Waals surface area contributed by atoms with Gasteiger partial charge in [-0.15, -0.1) is 0 Å². The smallest absolute Gasteiger partial charge is 0.251 e. The van der Waals surface area contributed by atoms with Crippen LogP contribution in [0.15, 0.2) is 84.9 Å². The van der Waals surface area contributed by atoms with Crippen LogP contribution < -0.4 is 10.6 Å². The molecule has 0 aliphatic rings. The third kappa shape index (κ3) is 5.79. The van der Waals surface area contributed by atoms with Crippen molar-refractivity contribution >= 4 is 11.8 Å². The summed E-state index contributed by atoms with van der Waals surface area (Å²) in [7, 11) is 0. The number of benzene rings is 3. The van der Waals surface area contributed by atoms with Gasteiger partial charge in [-0.25, -0.2) is 0 Å². The molecule has 148 valence electrons. The van der Waals surface area contributed by atoms with Crippen molar-refractivity contribution < 1.29 is 9.59 Å². The molecule has 4 nitrogen and oxygen atoms in total. The Hall–Kier alpha value is -3.40. The van der Waals surface area contributed by atoms with E-state index >= 15 is 0 Å². The van der Waals surface area contributed by atoms with Crippen molar-refractivity contribution in [1.29, 1.82) is 0 Å². The first kappa shape index (κ1) is 20.3. The van der Waals surface area contributed by atoms with Crippen LogP contribution in [0.3, 0.4) is 0 Å². The molecule has 29 heavy (non-hydrogen) atoms. The molecule has 0 saturated carbocycles. The fourth-order valence-corrected chi connectivity index (χ4v) is 3.14. The summed E-state index contributed by atoms with van der Waals surface area (Å²) in [5.74, 6) is -0.462. The normalized spacial score (nSPS) is 12.6. The van der Waals surface area contributed by atoms with Crippen molar-refractivity contribution in [3.63, 3.8) is 0 Å². The van der Waals surface area contributed by atoms with E-state index in [0.717, 1.165) is 11.1 Å². The molecule has 0 heterocycles. The summed E-state index contributed by atoms with van der Waals surface area (Å²) in [5, 5.41) is 5.94. The van der Waals surface area contributed by atoms with E-state index in [2.05, 4.69) is 10.6 Å². The highest BCUT2D eigenvalue weighted by molar-refractivity contribution is 5.97. The van der Waals surface area contributed by atoms with Gasteiger partial charge in [-0.1, -0.05) is 78.4 Å². The van der Waals surface area contributed by atoms with Gasteiger partial charge >= 0.3 is 0 Å². The molecular weight excluding hydrogens is 360 g/mol. The number of aryl methyl sites for hydroxylation is 1. The summed E-state index contributed by atoms with van der Waals surface area (Å²) in [6, 6.07) is 25.9. The molecule has 2 N–H and O–H groups in total. The summed E-state index contributed by atoms with van der Waals surface area (Å²) < 4.78 is 0. The number of amides is 2. The molecule has 0 aromatic heterocycles. The first-order valence-corrected chi connectivity index (χ1v) is 9.79. The van der Waals surface area contributed by atoms with Crippen LogP contribution in [0.1, 0.15) is 40.0 Å². The van der Waals surface area contributed by atoms with E-state index in [1.807, 2.05) is 74.5 Å². The van der Waals surface area contributed by atoms with Gasteiger partial charge in [0.1, 0.15) is 6.04 Å². The average Bonchev–Trinajstić information content (AvgIpc) is 2.75. The van der Waals surface area contributed by atoms with E-state index in [1.54, 1.807) is 24.3 Å². The van der Waals surface area contributed by atoms with Crippen LogP contribution in [0, 0.1) is 6.92 Å². The summed E-state index contributed by atoms with van der Waals surface area (Å²) in [5.41, 5.74) is 3.72. The highest BCUT2D eigenvalue weighted by Crippen LogP contribution is 2.14. The fourth-order valence-electron chi connectivity index (χ4n) is 3.14. The predicted molar refractivity (Wildman–Crippen MR) is 116 cm³/mol. The SMILES string of the molecule is Cc1ccc([C@H](C)NC(=O)[C@H](Cc2ccccc2)NC(=O)c2ccccc2)cc1. The van der Waals surface area contributed by atoms with Gasteiger partial charge in [0.05, 0.1) is 6.04 Å². The number of carbonyl (C=O) groups is 2. The monoisotopic (exact) mass is 386 g/mol. The summed E-state index contributed by atoms with van der Waals surface area (Å²) >= 11 is 0. The summed E-state index contributed by atoms with van der Waals surface area (Å²) in [6.45, 7) is 3.98. The Morgan fingerprint density at radius 3 is 2.00 bits per heavy atom. The molecule has 0 unspecified atom stereocenters. The minimum Gasteiger partial charge on any atom is -0.348 e. The minimum atomic E-state index is -0.669. The first-order chi connectivity index (χ1) is 14.0. The third-order valence-corrected chi connectivity index (χ3v) is 4.88. The average molecular weight is 386 g/mol. The maximum atomic E-state index is 13.0. The van der Waals surface area contributed by atoms with Gasteiger partial charge in [0, 0.05) is 12.0 Å². The van der Waals surface area contributed by atoms with Crippen LogP contribution in [0.2, 0.25) is 0 Å². The van der Waals surface area contributed by atoms with Crippen LogP contribution in [0.5, 0.6) is 0 Å². The lowest BCUT2D eigenvalue weighted by Gasteiger charge is -2.22. The second-order valence-corrected chi connectivity index (χ2v) is 7.22. The Labute approximate surface area is 172 Å². The quantitative estimate of drug-likeness (QED) is 0.639. The second kappa shape index (κ2) is 9.69. The number of nitrogens with one attached hydrogen (secondary N) is 2.